The molecular weight excluding hydrogens is 401 g/mol. The largest absolute Gasteiger partial charge is 0.462 e. The molecule has 6 heteroatoms. The number of hydrogen-bond acceptors (Lipinski definition) is 4. The molecule has 1 amide bonds. The lowest BCUT2D eigenvalue weighted by molar-refractivity contribution is 0.0526. The van der Waals surface area contributed by atoms with Crippen molar-refractivity contribution < 1.29 is 18.7 Å². The quantitative estimate of drug-likeness (QED) is 0.545. The van der Waals surface area contributed by atoms with Gasteiger partial charge in [-0.1, -0.05) is 42.5 Å². The van der Waals surface area contributed by atoms with Gasteiger partial charge in [0.05, 0.1) is 17.7 Å². The van der Waals surface area contributed by atoms with Crippen LogP contribution in [-0.4, -0.2) is 18.5 Å². The summed E-state index contributed by atoms with van der Waals surface area (Å²) in [5, 5.41) is 3.19. The van der Waals surface area contributed by atoms with E-state index in [2.05, 4.69) is 17.4 Å². The molecule has 0 bridgehead atoms. The first-order valence-electron chi connectivity index (χ1n) is 10.0. The molecule has 1 atom stereocenters. The zero-order valence-corrected chi connectivity index (χ0v) is 17.4. The smallest absolute Gasteiger partial charge is 0.341 e. The van der Waals surface area contributed by atoms with Crippen molar-refractivity contribution in [3.05, 3.63) is 87.5 Å². The Morgan fingerprint density at radius 3 is 2.60 bits per heavy atom. The number of fused-ring (bicyclic) bond motifs is 1. The molecule has 4 nitrogen and oxygen atoms in total. The highest BCUT2D eigenvalue weighted by molar-refractivity contribution is 7.17. The van der Waals surface area contributed by atoms with Crippen LogP contribution in [-0.2, 0) is 17.6 Å². The van der Waals surface area contributed by atoms with Crippen molar-refractivity contribution in [2.75, 3.05) is 11.9 Å². The van der Waals surface area contributed by atoms with Gasteiger partial charge in [0.15, 0.2) is 0 Å². The van der Waals surface area contributed by atoms with Crippen molar-refractivity contribution in [2.24, 2.45) is 0 Å². The van der Waals surface area contributed by atoms with E-state index in [1.807, 2.05) is 18.2 Å². The summed E-state index contributed by atoms with van der Waals surface area (Å²) >= 11 is 1.39. The molecule has 0 unspecified atom stereocenters. The number of halogens is 1. The minimum atomic E-state index is -0.599. The van der Waals surface area contributed by atoms with Gasteiger partial charge in [-0.3, -0.25) is 4.79 Å². The van der Waals surface area contributed by atoms with E-state index in [9.17, 15) is 14.0 Å². The van der Waals surface area contributed by atoms with Crippen LogP contribution in [0.3, 0.4) is 0 Å². The molecule has 154 valence electrons. The Hall–Kier alpha value is -2.99. The van der Waals surface area contributed by atoms with Crippen molar-refractivity contribution in [3.8, 4) is 0 Å². The molecule has 0 saturated heterocycles. The number of carbonyl (C=O) groups is 2. The van der Waals surface area contributed by atoms with Crippen LogP contribution >= 0.6 is 11.3 Å². The SMILES string of the molecule is CCOC(=O)c1c(NC(=O)c2ccccc2F)sc2c1CC[C@H](c1ccccc1)C2. The molecule has 0 aliphatic heterocycles. The Morgan fingerprint density at radius 1 is 1.13 bits per heavy atom. The Balaban J connectivity index is 1.67. The van der Waals surface area contributed by atoms with Crippen LogP contribution in [0.1, 0.15) is 56.0 Å². The van der Waals surface area contributed by atoms with Crippen LogP contribution < -0.4 is 5.32 Å². The second kappa shape index (κ2) is 8.79. The topological polar surface area (TPSA) is 55.4 Å². The number of rotatable bonds is 5. The van der Waals surface area contributed by atoms with Gasteiger partial charge < -0.3 is 10.1 Å². The molecule has 1 aliphatic carbocycles. The number of hydrogen-bond donors (Lipinski definition) is 1. The van der Waals surface area contributed by atoms with Crippen LogP contribution in [0.25, 0.3) is 0 Å². The summed E-state index contributed by atoms with van der Waals surface area (Å²) in [7, 11) is 0. The molecule has 0 radical (unpaired) electrons. The third-order valence-corrected chi connectivity index (χ3v) is 6.53. The van der Waals surface area contributed by atoms with Gasteiger partial charge in [-0.2, -0.15) is 0 Å². The number of nitrogens with one attached hydrogen (secondary N) is 1. The number of thiophene rings is 1. The molecule has 1 heterocycles. The van der Waals surface area contributed by atoms with Crippen LogP contribution in [0.2, 0.25) is 0 Å². The lowest BCUT2D eigenvalue weighted by Crippen LogP contribution is -2.17. The molecule has 4 rings (SSSR count). The van der Waals surface area contributed by atoms with Crippen molar-refractivity contribution >= 4 is 28.2 Å². The second-order valence-corrected chi connectivity index (χ2v) is 8.32. The Morgan fingerprint density at radius 2 is 1.87 bits per heavy atom. The average molecular weight is 424 g/mol. The predicted octanol–water partition coefficient (Wildman–Crippen LogP) is 5.59. The van der Waals surface area contributed by atoms with Crippen molar-refractivity contribution in [1.29, 1.82) is 0 Å². The van der Waals surface area contributed by atoms with Gasteiger partial charge >= 0.3 is 5.97 Å². The van der Waals surface area contributed by atoms with Gasteiger partial charge in [0.1, 0.15) is 10.8 Å². The molecule has 2 aromatic carbocycles. The number of carbonyl (C=O) groups excluding carboxylic acids is 2. The zero-order chi connectivity index (χ0) is 21.1. The standard InChI is InChI=1S/C24H22FNO3S/c1-2-29-24(28)21-18-13-12-16(15-8-4-3-5-9-15)14-20(18)30-23(21)26-22(27)17-10-6-7-11-19(17)25/h3-11,16H,2,12-14H2,1H3,(H,26,27)/t16-/m0/s1. The Labute approximate surface area is 178 Å². The number of benzene rings is 2. The van der Waals surface area contributed by atoms with E-state index in [0.717, 1.165) is 29.7 Å². The summed E-state index contributed by atoms with van der Waals surface area (Å²) in [4.78, 5) is 26.4. The maximum Gasteiger partial charge on any atom is 0.341 e. The molecule has 1 aromatic heterocycles. The lowest BCUT2D eigenvalue weighted by atomic mass is 9.83. The fraction of sp³-hybridized carbons (Fsp3) is 0.250. The summed E-state index contributed by atoms with van der Waals surface area (Å²) in [5.74, 6) is -1.26. The molecule has 1 N–H and O–H groups in total. The fourth-order valence-corrected chi connectivity index (χ4v) is 5.23. The summed E-state index contributed by atoms with van der Waals surface area (Å²) in [5.41, 5.74) is 2.56. The van der Waals surface area contributed by atoms with Crippen molar-refractivity contribution in [2.45, 2.75) is 32.1 Å². The number of anilines is 1. The molecule has 0 fully saturated rings. The van der Waals surface area contributed by atoms with Gasteiger partial charge in [0.25, 0.3) is 5.91 Å². The molecule has 3 aromatic rings. The molecular formula is C24H22FNO3S. The molecule has 30 heavy (non-hydrogen) atoms. The number of esters is 1. The first-order valence-corrected chi connectivity index (χ1v) is 10.8. The van der Waals surface area contributed by atoms with Crippen molar-refractivity contribution in [1.82, 2.24) is 0 Å². The van der Waals surface area contributed by atoms with E-state index >= 15 is 0 Å². The maximum absolute atomic E-state index is 14.0. The second-order valence-electron chi connectivity index (χ2n) is 7.21. The highest BCUT2D eigenvalue weighted by Gasteiger charge is 2.31. The maximum atomic E-state index is 14.0. The van der Waals surface area contributed by atoms with Crippen LogP contribution in [0.15, 0.2) is 54.6 Å². The minimum absolute atomic E-state index is 0.0548. The first kappa shape index (κ1) is 20.3. The average Bonchev–Trinajstić information content (AvgIpc) is 3.11. The molecule has 1 aliphatic rings. The summed E-state index contributed by atoms with van der Waals surface area (Å²) < 4.78 is 19.3. The molecule has 0 spiro atoms. The van der Waals surface area contributed by atoms with E-state index < -0.39 is 17.7 Å². The van der Waals surface area contributed by atoms with E-state index in [-0.39, 0.29) is 12.2 Å². The van der Waals surface area contributed by atoms with E-state index in [1.165, 1.54) is 35.1 Å². The Bertz CT molecular complexity index is 1080. The van der Waals surface area contributed by atoms with E-state index in [0.29, 0.717) is 16.5 Å². The zero-order valence-electron chi connectivity index (χ0n) is 16.6. The predicted molar refractivity (Wildman–Crippen MR) is 116 cm³/mol. The fourth-order valence-electron chi connectivity index (χ4n) is 3.92. The highest BCUT2D eigenvalue weighted by Crippen LogP contribution is 2.43. The lowest BCUT2D eigenvalue weighted by Gasteiger charge is -2.23. The Kier molecular flexibility index (Phi) is 5.95. The highest BCUT2D eigenvalue weighted by atomic mass is 32.1. The number of amides is 1. The van der Waals surface area contributed by atoms with Gasteiger partial charge in [0, 0.05) is 4.88 Å². The third-order valence-electron chi connectivity index (χ3n) is 5.36. The third kappa shape index (κ3) is 4.00. The van der Waals surface area contributed by atoms with Gasteiger partial charge in [-0.05, 0) is 55.4 Å². The van der Waals surface area contributed by atoms with Gasteiger partial charge in [0.2, 0.25) is 0 Å². The summed E-state index contributed by atoms with van der Waals surface area (Å²) in [6.45, 7) is 2.00. The van der Waals surface area contributed by atoms with Crippen LogP contribution in [0.4, 0.5) is 9.39 Å². The molecule has 0 saturated carbocycles. The van der Waals surface area contributed by atoms with E-state index in [1.54, 1.807) is 13.0 Å². The minimum Gasteiger partial charge on any atom is -0.462 e. The first-order chi connectivity index (χ1) is 14.6. The van der Waals surface area contributed by atoms with E-state index in [4.69, 9.17) is 4.74 Å². The van der Waals surface area contributed by atoms with Gasteiger partial charge in [-0.25, -0.2) is 9.18 Å². The number of ether oxygens (including phenoxy) is 1. The summed E-state index contributed by atoms with van der Waals surface area (Å²) in [6.07, 6.45) is 2.45. The van der Waals surface area contributed by atoms with Gasteiger partial charge in [-0.15, -0.1) is 11.3 Å². The van der Waals surface area contributed by atoms with Crippen molar-refractivity contribution in [3.63, 3.8) is 0 Å². The van der Waals surface area contributed by atoms with Crippen LogP contribution in [0.5, 0.6) is 0 Å². The van der Waals surface area contributed by atoms with Crippen LogP contribution in [0, 0.1) is 5.82 Å². The normalized spacial score (nSPS) is 15.3. The monoisotopic (exact) mass is 423 g/mol. The summed E-state index contributed by atoms with van der Waals surface area (Å²) in [6, 6.07) is 16.1.